The van der Waals surface area contributed by atoms with Crippen LogP contribution >= 0.6 is 11.6 Å². The molecule has 1 amide bonds. The van der Waals surface area contributed by atoms with E-state index in [1.165, 1.54) is 12.1 Å². The van der Waals surface area contributed by atoms with E-state index in [0.717, 1.165) is 12.5 Å². The van der Waals surface area contributed by atoms with Gasteiger partial charge in [-0.1, -0.05) is 24.6 Å². The van der Waals surface area contributed by atoms with Gasteiger partial charge in [-0.15, -0.1) is 0 Å². The number of alkyl halides is 3. The van der Waals surface area contributed by atoms with Gasteiger partial charge in [0.25, 0.3) is 0 Å². The van der Waals surface area contributed by atoms with Crippen LogP contribution in [0.5, 0.6) is 0 Å². The average molecular weight is 321 g/mol. The van der Waals surface area contributed by atoms with E-state index in [-0.39, 0.29) is 10.7 Å². The maximum absolute atomic E-state index is 13.0. The summed E-state index contributed by atoms with van der Waals surface area (Å²) in [5.41, 5.74) is -1.32. The van der Waals surface area contributed by atoms with Crippen LogP contribution in [0.25, 0.3) is 0 Å². The van der Waals surface area contributed by atoms with Crippen molar-refractivity contribution in [2.24, 2.45) is 5.92 Å². The molecule has 1 aromatic rings. The number of hydrogen-bond acceptors (Lipinski definition) is 2. The van der Waals surface area contributed by atoms with E-state index >= 15 is 0 Å². The highest BCUT2D eigenvalue weighted by Crippen LogP contribution is 2.38. The summed E-state index contributed by atoms with van der Waals surface area (Å²) in [6.07, 6.45) is -3.03. The molecule has 0 aliphatic carbocycles. The molecule has 0 saturated carbocycles. The molecule has 1 heterocycles. The fourth-order valence-corrected chi connectivity index (χ4v) is 2.63. The Morgan fingerprint density at radius 2 is 2.14 bits per heavy atom. The standard InChI is InChI=1S/C14H16ClF3N2O/c1-8-5-6-19-11(7-8)13(21)20-12-9(14(16,17)18)3-2-4-10(12)15/h2-4,8,11,19H,5-7H2,1H3,(H,20,21). The number of piperidine rings is 1. The lowest BCUT2D eigenvalue weighted by molar-refractivity contribution is -0.137. The number of halogens is 4. The number of nitrogens with one attached hydrogen (secondary N) is 2. The molecule has 0 radical (unpaired) electrons. The fourth-order valence-electron chi connectivity index (χ4n) is 2.40. The van der Waals surface area contributed by atoms with Crippen molar-refractivity contribution in [3.8, 4) is 0 Å². The molecule has 1 fully saturated rings. The number of rotatable bonds is 2. The minimum atomic E-state index is -4.57. The molecule has 2 atom stereocenters. The third kappa shape index (κ3) is 3.89. The van der Waals surface area contributed by atoms with Crippen molar-refractivity contribution in [2.75, 3.05) is 11.9 Å². The topological polar surface area (TPSA) is 41.1 Å². The summed E-state index contributed by atoms with van der Waals surface area (Å²) in [4.78, 5) is 12.1. The highest BCUT2D eigenvalue weighted by Gasteiger charge is 2.35. The number of carbonyl (C=O) groups is 1. The molecule has 1 aliphatic rings. The summed E-state index contributed by atoms with van der Waals surface area (Å²) in [6.45, 7) is 2.69. The first kappa shape index (κ1) is 16.1. The summed E-state index contributed by atoms with van der Waals surface area (Å²) in [5, 5.41) is 5.21. The molecule has 116 valence electrons. The molecule has 1 aliphatic heterocycles. The molecule has 2 N–H and O–H groups in total. The number of amides is 1. The Hall–Kier alpha value is -1.27. The molecule has 0 bridgehead atoms. The molecule has 0 aromatic heterocycles. The first-order valence-electron chi connectivity index (χ1n) is 6.69. The van der Waals surface area contributed by atoms with Crippen LogP contribution in [0.4, 0.5) is 18.9 Å². The van der Waals surface area contributed by atoms with Crippen molar-refractivity contribution >= 4 is 23.2 Å². The lowest BCUT2D eigenvalue weighted by Gasteiger charge is -2.27. The number of carbonyl (C=O) groups excluding carboxylic acids is 1. The minimum absolute atomic E-state index is 0.123. The summed E-state index contributed by atoms with van der Waals surface area (Å²) in [7, 11) is 0. The number of benzene rings is 1. The lowest BCUT2D eigenvalue weighted by Crippen LogP contribution is -2.45. The molecule has 0 spiro atoms. The second kappa shape index (κ2) is 6.23. The highest BCUT2D eigenvalue weighted by atomic mass is 35.5. The molecular formula is C14H16ClF3N2O. The van der Waals surface area contributed by atoms with Gasteiger partial charge in [-0.05, 0) is 37.4 Å². The lowest BCUT2D eigenvalue weighted by atomic mass is 9.94. The average Bonchev–Trinajstić information content (AvgIpc) is 2.39. The molecular weight excluding hydrogens is 305 g/mol. The van der Waals surface area contributed by atoms with Crippen LogP contribution in [0.2, 0.25) is 5.02 Å². The Morgan fingerprint density at radius 1 is 1.43 bits per heavy atom. The van der Waals surface area contributed by atoms with Gasteiger partial charge in [0, 0.05) is 0 Å². The van der Waals surface area contributed by atoms with Gasteiger partial charge in [-0.2, -0.15) is 13.2 Å². The maximum atomic E-state index is 13.0. The fraction of sp³-hybridized carbons (Fsp3) is 0.500. The second-order valence-corrected chi connectivity index (χ2v) is 5.69. The highest BCUT2D eigenvalue weighted by molar-refractivity contribution is 6.34. The van der Waals surface area contributed by atoms with E-state index in [2.05, 4.69) is 10.6 Å². The summed E-state index contributed by atoms with van der Waals surface area (Å²) >= 11 is 5.81. The molecule has 7 heteroatoms. The van der Waals surface area contributed by atoms with Gasteiger partial charge in [0.05, 0.1) is 22.3 Å². The van der Waals surface area contributed by atoms with Crippen molar-refractivity contribution in [1.29, 1.82) is 0 Å². The molecule has 21 heavy (non-hydrogen) atoms. The molecule has 2 unspecified atom stereocenters. The van der Waals surface area contributed by atoms with Crippen LogP contribution in [0.1, 0.15) is 25.3 Å². The normalized spacial score (nSPS) is 22.9. The predicted octanol–water partition coefficient (Wildman–Crippen LogP) is 3.69. The Balaban J connectivity index is 2.21. The van der Waals surface area contributed by atoms with E-state index in [1.807, 2.05) is 6.92 Å². The first-order valence-corrected chi connectivity index (χ1v) is 7.07. The van der Waals surface area contributed by atoms with E-state index in [4.69, 9.17) is 11.6 Å². The van der Waals surface area contributed by atoms with Crippen LogP contribution in [-0.4, -0.2) is 18.5 Å². The minimum Gasteiger partial charge on any atom is -0.323 e. The molecule has 1 saturated heterocycles. The van der Waals surface area contributed by atoms with Crippen LogP contribution in [0, 0.1) is 5.92 Å². The van der Waals surface area contributed by atoms with Gasteiger partial charge in [0.1, 0.15) is 0 Å². The molecule has 1 aromatic carbocycles. The van der Waals surface area contributed by atoms with Crippen LogP contribution in [-0.2, 0) is 11.0 Å². The van der Waals surface area contributed by atoms with Gasteiger partial charge in [0.2, 0.25) is 5.91 Å². The van der Waals surface area contributed by atoms with Gasteiger partial charge in [-0.25, -0.2) is 0 Å². The van der Waals surface area contributed by atoms with Crippen molar-refractivity contribution in [3.05, 3.63) is 28.8 Å². The smallest absolute Gasteiger partial charge is 0.323 e. The largest absolute Gasteiger partial charge is 0.418 e. The Bertz CT molecular complexity index is 533. The third-order valence-electron chi connectivity index (χ3n) is 3.55. The predicted molar refractivity (Wildman–Crippen MR) is 75.3 cm³/mol. The van der Waals surface area contributed by atoms with E-state index in [9.17, 15) is 18.0 Å². The Kier molecular flexibility index (Phi) is 4.78. The summed E-state index contributed by atoms with van der Waals surface area (Å²) in [5.74, 6) is -0.129. The zero-order valence-electron chi connectivity index (χ0n) is 11.4. The van der Waals surface area contributed by atoms with E-state index in [0.29, 0.717) is 18.9 Å². The van der Waals surface area contributed by atoms with Crippen molar-refractivity contribution < 1.29 is 18.0 Å². The molecule has 3 nitrogen and oxygen atoms in total. The quantitative estimate of drug-likeness (QED) is 0.872. The SMILES string of the molecule is CC1CCNC(C(=O)Nc2c(Cl)cccc2C(F)(F)F)C1. The van der Waals surface area contributed by atoms with Crippen LogP contribution in [0.3, 0.4) is 0 Å². The first-order chi connectivity index (χ1) is 9.79. The van der Waals surface area contributed by atoms with E-state index in [1.54, 1.807) is 0 Å². The number of hydrogen-bond donors (Lipinski definition) is 2. The molecule has 2 rings (SSSR count). The van der Waals surface area contributed by atoms with Crippen molar-refractivity contribution in [1.82, 2.24) is 5.32 Å². The van der Waals surface area contributed by atoms with Crippen molar-refractivity contribution in [3.63, 3.8) is 0 Å². The Morgan fingerprint density at radius 3 is 2.76 bits per heavy atom. The number of anilines is 1. The summed E-state index contributed by atoms with van der Waals surface area (Å²) in [6, 6.07) is 2.94. The Labute approximate surface area is 125 Å². The summed E-state index contributed by atoms with van der Waals surface area (Å²) < 4.78 is 38.9. The van der Waals surface area contributed by atoms with Gasteiger partial charge in [0.15, 0.2) is 0 Å². The van der Waals surface area contributed by atoms with Gasteiger partial charge in [-0.3, -0.25) is 4.79 Å². The van der Waals surface area contributed by atoms with Crippen LogP contribution in [0.15, 0.2) is 18.2 Å². The number of para-hydroxylation sites is 1. The third-order valence-corrected chi connectivity index (χ3v) is 3.86. The van der Waals surface area contributed by atoms with Crippen molar-refractivity contribution in [2.45, 2.75) is 32.0 Å². The zero-order chi connectivity index (χ0) is 15.6. The van der Waals surface area contributed by atoms with Crippen LogP contribution < -0.4 is 10.6 Å². The second-order valence-electron chi connectivity index (χ2n) is 5.29. The monoisotopic (exact) mass is 320 g/mol. The maximum Gasteiger partial charge on any atom is 0.418 e. The van der Waals surface area contributed by atoms with Gasteiger partial charge < -0.3 is 10.6 Å². The van der Waals surface area contributed by atoms with E-state index < -0.39 is 23.7 Å². The van der Waals surface area contributed by atoms with Gasteiger partial charge >= 0.3 is 6.18 Å². The zero-order valence-corrected chi connectivity index (χ0v) is 12.2.